The van der Waals surface area contributed by atoms with Crippen LogP contribution in [-0.2, 0) is 0 Å². The molecule has 2 aromatic rings. The van der Waals surface area contributed by atoms with Crippen LogP contribution >= 0.6 is 0 Å². The van der Waals surface area contributed by atoms with Crippen LogP contribution < -0.4 is 10.2 Å². The number of nitrogens with zero attached hydrogens (tertiary/aromatic N) is 4. The molecule has 0 aliphatic carbocycles. The first-order chi connectivity index (χ1) is 8.75. The Morgan fingerprint density at radius 2 is 2.17 bits per heavy atom. The maximum atomic E-state index is 11.0. The predicted molar refractivity (Wildman–Crippen MR) is 65.0 cm³/mol. The fourth-order valence-corrected chi connectivity index (χ4v) is 2.08. The minimum Gasteiger partial charge on any atom is -0.477 e. The van der Waals surface area contributed by atoms with Gasteiger partial charge >= 0.3 is 5.97 Å². The Bertz CT molecular complexity index is 588. The van der Waals surface area contributed by atoms with Crippen LogP contribution in [0.3, 0.4) is 0 Å². The van der Waals surface area contributed by atoms with E-state index in [1.165, 1.54) is 10.7 Å². The number of carboxylic acid groups (broad SMARTS) is 1. The van der Waals surface area contributed by atoms with Gasteiger partial charge in [0.25, 0.3) is 0 Å². The van der Waals surface area contributed by atoms with Gasteiger partial charge in [0.2, 0.25) is 0 Å². The number of anilines is 1. The van der Waals surface area contributed by atoms with Gasteiger partial charge in [-0.3, -0.25) is 0 Å². The number of aromatic nitrogens is 3. The van der Waals surface area contributed by atoms with Gasteiger partial charge in [-0.1, -0.05) is 0 Å². The molecular weight excluding hydrogens is 234 g/mol. The summed E-state index contributed by atoms with van der Waals surface area (Å²) in [4.78, 5) is 17.6. The second-order valence-corrected chi connectivity index (χ2v) is 4.15. The van der Waals surface area contributed by atoms with Gasteiger partial charge in [-0.25, -0.2) is 14.3 Å². The maximum Gasteiger partial charge on any atom is 0.341 e. The van der Waals surface area contributed by atoms with Gasteiger partial charge in [0.05, 0.1) is 6.20 Å². The van der Waals surface area contributed by atoms with Crippen molar-refractivity contribution in [2.24, 2.45) is 0 Å². The molecule has 0 spiro atoms. The minimum atomic E-state index is -1.00. The van der Waals surface area contributed by atoms with Crippen molar-refractivity contribution in [2.75, 3.05) is 31.1 Å². The van der Waals surface area contributed by atoms with E-state index < -0.39 is 5.97 Å². The zero-order chi connectivity index (χ0) is 12.5. The van der Waals surface area contributed by atoms with Crippen LogP contribution in [0, 0.1) is 0 Å². The van der Waals surface area contributed by atoms with Gasteiger partial charge in [-0.05, 0) is 6.07 Å². The van der Waals surface area contributed by atoms with Crippen molar-refractivity contribution < 1.29 is 9.90 Å². The standard InChI is InChI=1S/C11H13N5O2/c17-11(18)8-7-13-16-4-1-9(14-10(8)16)15-5-2-12-3-6-15/h1,4,7,12H,2-3,5-6H2,(H,17,18). The largest absolute Gasteiger partial charge is 0.477 e. The van der Waals surface area contributed by atoms with Crippen molar-refractivity contribution in [2.45, 2.75) is 0 Å². The van der Waals surface area contributed by atoms with E-state index in [2.05, 4.69) is 20.3 Å². The number of hydrogen-bond acceptors (Lipinski definition) is 5. The van der Waals surface area contributed by atoms with Crippen LogP contribution in [-0.4, -0.2) is 51.9 Å². The molecule has 7 nitrogen and oxygen atoms in total. The molecule has 1 aliphatic heterocycles. The molecule has 0 aromatic carbocycles. The summed E-state index contributed by atoms with van der Waals surface area (Å²) in [6.45, 7) is 3.58. The Morgan fingerprint density at radius 3 is 2.89 bits per heavy atom. The second-order valence-electron chi connectivity index (χ2n) is 4.15. The molecule has 1 aliphatic rings. The van der Waals surface area contributed by atoms with Gasteiger partial charge < -0.3 is 15.3 Å². The third-order valence-electron chi connectivity index (χ3n) is 3.03. The number of fused-ring (bicyclic) bond motifs is 1. The first-order valence-electron chi connectivity index (χ1n) is 5.79. The van der Waals surface area contributed by atoms with Gasteiger partial charge in [0, 0.05) is 32.4 Å². The molecule has 0 saturated carbocycles. The molecule has 2 N–H and O–H groups in total. The summed E-state index contributed by atoms with van der Waals surface area (Å²) in [5.74, 6) is -0.207. The molecule has 0 atom stereocenters. The molecule has 0 unspecified atom stereocenters. The lowest BCUT2D eigenvalue weighted by molar-refractivity contribution is 0.0699. The molecular formula is C11H13N5O2. The number of rotatable bonds is 2. The quantitative estimate of drug-likeness (QED) is 0.767. The van der Waals surface area contributed by atoms with Gasteiger partial charge in [-0.2, -0.15) is 5.10 Å². The molecule has 2 aromatic heterocycles. The number of carboxylic acids is 1. The van der Waals surface area contributed by atoms with Crippen LogP contribution in [0.4, 0.5) is 5.82 Å². The first kappa shape index (κ1) is 11.0. The summed E-state index contributed by atoms with van der Waals surface area (Å²) in [7, 11) is 0. The van der Waals surface area contributed by atoms with Crippen molar-refractivity contribution in [3.63, 3.8) is 0 Å². The van der Waals surface area contributed by atoms with Gasteiger partial charge in [0.1, 0.15) is 11.4 Å². The topological polar surface area (TPSA) is 82.8 Å². The fraction of sp³-hybridized carbons (Fsp3) is 0.364. The minimum absolute atomic E-state index is 0.131. The summed E-state index contributed by atoms with van der Waals surface area (Å²) in [5.41, 5.74) is 0.519. The number of nitrogens with one attached hydrogen (secondary N) is 1. The Balaban J connectivity index is 2.03. The van der Waals surface area contributed by atoms with E-state index in [-0.39, 0.29) is 5.56 Å². The van der Waals surface area contributed by atoms with Gasteiger partial charge in [0.15, 0.2) is 5.65 Å². The molecule has 94 valence electrons. The molecule has 7 heteroatoms. The number of carbonyl (C=O) groups is 1. The van der Waals surface area contributed by atoms with E-state index in [1.807, 2.05) is 6.07 Å². The van der Waals surface area contributed by atoms with E-state index in [4.69, 9.17) is 5.11 Å². The normalized spacial score (nSPS) is 16.1. The SMILES string of the molecule is O=C(O)c1cnn2ccc(N3CCNCC3)nc12. The third kappa shape index (κ3) is 1.78. The van der Waals surface area contributed by atoms with Crippen LogP contribution in [0.1, 0.15) is 10.4 Å². The van der Waals surface area contributed by atoms with Gasteiger partial charge in [-0.15, -0.1) is 0 Å². The molecule has 0 bridgehead atoms. The first-order valence-corrected chi connectivity index (χ1v) is 5.79. The second kappa shape index (κ2) is 4.26. The summed E-state index contributed by atoms with van der Waals surface area (Å²) in [5, 5.41) is 16.3. The van der Waals surface area contributed by atoms with Crippen LogP contribution in [0.15, 0.2) is 18.5 Å². The Labute approximate surface area is 103 Å². The van der Waals surface area contributed by atoms with Crippen molar-refractivity contribution in [1.82, 2.24) is 19.9 Å². The smallest absolute Gasteiger partial charge is 0.341 e. The lowest BCUT2D eigenvalue weighted by Crippen LogP contribution is -2.43. The van der Waals surface area contributed by atoms with E-state index in [0.717, 1.165) is 32.0 Å². The number of piperazine rings is 1. The maximum absolute atomic E-state index is 11.0. The molecule has 0 radical (unpaired) electrons. The third-order valence-corrected chi connectivity index (χ3v) is 3.03. The van der Waals surface area contributed by atoms with Crippen molar-refractivity contribution >= 4 is 17.4 Å². The summed E-state index contributed by atoms with van der Waals surface area (Å²) in [6, 6.07) is 1.86. The van der Waals surface area contributed by atoms with E-state index in [0.29, 0.717) is 5.65 Å². The monoisotopic (exact) mass is 247 g/mol. The number of aromatic carboxylic acids is 1. The van der Waals surface area contributed by atoms with Crippen molar-refractivity contribution in [3.8, 4) is 0 Å². The highest BCUT2D eigenvalue weighted by Gasteiger charge is 2.16. The molecule has 0 amide bonds. The zero-order valence-electron chi connectivity index (χ0n) is 9.70. The Hall–Kier alpha value is -2.15. The highest BCUT2D eigenvalue weighted by Crippen LogP contribution is 2.15. The highest BCUT2D eigenvalue weighted by atomic mass is 16.4. The van der Waals surface area contributed by atoms with Crippen LogP contribution in [0.2, 0.25) is 0 Å². The highest BCUT2D eigenvalue weighted by molar-refractivity contribution is 5.94. The lowest BCUT2D eigenvalue weighted by Gasteiger charge is -2.28. The molecule has 18 heavy (non-hydrogen) atoms. The average Bonchev–Trinajstić information content (AvgIpc) is 2.82. The summed E-state index contributed by atoms with van der Waals surface area (Å²) >= 11 is 0. The Morgan fingerprint density at radius 1 is 1.39 bits per heavy atom. The zero-order valence-corrected chi connectivity index (χ0v) is 9.70. The average molecular weight is 247 g/mol. The molecule has 3 rings (SSSR count). The van der Waals surface area contributed by atoms with Crippen molar-refractivity contribution in [3.05, 3.63) is 24.0 Å². The van der Waals surface area contributed by atoms with E-state index in [1.54, 1.807) is 6.20 Å². The van der Waals surface area contributed by atoms with Crippen molar-refractivity contribution in [1.29, 1.82) is 0 Å². The van der Waals surface area contributed by atoms with E-state index in [9.17, 15) is 4.79 Å². The van der Waals surface area contributed by atoms with E-state index >= 15 is 0 Å². The van der Waals surface area contributed by atoms with Crippen LogP contribution in [0.25, 0.3) is 5.65 Å². The lowest BCUT2D eigenvalue weighted by atomic mass is 10.3. The number of hydrogen-bond donors (Lipinski definition) is 2. The predicted octanol–water partition coefficient (Wildman–Crippen LogP) is -0.163. The fourth-order valence-electron chi connectivity index (χ4n) is 2.08. The summed E-state index contributed by atoms with van der Waals surface area (Å²) in [6.07, 6.45) is 3.07. The molecule has 3 heterocycles. The molecule has 1 fully saturated rings. The molecule has 1 saturated heterocycles. The van der Waals surface area contributed by atoms with Crippen LogP contribution in [0.5, 0.6) is 0 Å². The summed E-state index contributed by atoms with van der Waals surface area (Å²) < 4.78 is 1.48. The Kier molecular flexibility index (Phi) is 2.60.